The van der Waals surface area contributed by atoms with E-state index in [0.29, 0.717) is 23.0 Å². The van der Waals surface area contributed by atoms with Gasteiger partial charge in [0.05, 0.1) is 16.6 Å². The average molecular weight is 486 g/mol. The van der Waals surface area contributed by atoms with Gasteiger partial charge in [-0.3, -0.25) is 4.79 Å². The Bertz CT molecular complexity index is 1580. The summed E-state index contributed by atoms with van der Waals surface area (Å²) in [6.07, 6.45) is 1.77. The van der Waals surface area contributed by atoms with Crippen LogP contribution in [0.1, 0.15) is 11.1 Å². The van der Waals surface area contributed by atoms with E-state index in [4.69, 9.17) is 10.7 Å². The van der Waals surface area contributed by atoms with E-state index < -0.39 is 0 Å². The van der Waals surface area contributed by atoms with Gasteiger partial charge in [0.25, 0.3) is 5.56 Å². The lowest BCUT2D eigenvalue weighted by molar-refractivity contribution is 0.619. The summed E-state index contributed by atoms with van der Waals surface area (Å²) in [5.74, 6) is -0.266. The zero-order valence-electron chi connectivity index (χ0n) is 19.5. The molecule has 35 heavy (non-hydrogen) atoms. The molecule has 0 radical (unpaired) electrons. The fraction of sp³-hybridized carbons (Fsp3) is 0.103. The number of halogens is 2. The van der Waals surface area contributed by atoms with Crippen LogP contribution in [0.15, 0.2) is 89.9 Å². The molecule has 0 fully saturated rings. The minimum absolute atomic E-state index is 0. The van der Waals surface area contributed by atoms with Gasteiger partial charge in [-0.1, -0.05) is 60.7 Å². The van der Waals surface area contributed by atoms with Gasteiger partial charge in [-0.25, -0.2) is 9.37 Å². The summed E-state index contributed by atoms with van der Waals surface area (Å²) in [6.45, 7) is 2.19. The number of nitrogens with zero attached hydrogens (tertiary/aromatic N) is 2. The van der Waals surface area contributed by atoms with Crippen molar-refractivity contribution in [2.75, 3.05) is 0 Å². The Kier molecular flexibility index (Phi) is 6.83. The maximum absolute atomic E-state index is 14.0. The summed E-state index contributed by atoms with van der Waals surface area (Å²) < 4.78 is 15.5. The minimum atomic E-state index is -0.266. The molecule has 0 bridgehead atoms. The van der Waals surface area contributed by atoms with E-state index in [2.05, 4.69) is 0 Å². The quantitative estimate of drug-likeness (QED) is 0.326. The summed E-state index contributed by atoms with van der Waals surface area (Å²) in [6, 6.07) is 24.8. The van der Waals surface area contributed by atoms with Crippen LogP contribution in [0, 0.1) is 12.7 Å². The van der Waals surface area contributed by atoms with Crippen LogP contribution in [0.5, 0.6) is 0 Å². The molecule has 3 aromatic carbocycles. The van der Waals surface area contributed by atoms with Crippen molar-refractivity contribution < 1.29 is 4.39 Å². The highest BCUT2D eigenvalue weighted by Crippen LogP contribution is 2.36. The van der Waals surface area contributed by atoms with Gasteiger partial charge in [0, 0.05) is 36.5 Å². The molecule has 0 atom stereocenters. The van der Waals surface area contributed by atoms with Crippen LogP contribution in [0.4, 0.5) is 4.39 Å². The van der Waals surface area contributed by atoms with Gasteiger partial charge < -0.3 is 10.3 Å². The Morgan fingerprint density at radius 2 is 1.57 bits per heavy atom. The highest BCUT2D eigenvalue weighted by molar-refractivity contribution is 5.98. The number of aromatic nitrogens is 2. The predicted molar refractivity (Wildman–Crippen MR) is 143 cm³/mol. The number of hydrogen-bond acceptors (Lipinski definition) is 3. The highest BCUT2D eigenvalue weighted by Gasteiger charge is 2.17. The molecule has 0 unspecified atom stereocenters. The fourth-order valence-electron chi connectivity index (χ4n) is 4.27. The smallest absolute Gasteiger partial charge is 0.259 e. The van der Waals surface area contributed by atoms with Crippen LogP contribution in [0.2, 0.25) is 0 Å². The third-order valence-electron chi connectivity index (χ3n) is 6.17. The molecule has 4 nitrogen and oxygen atoms in total. The lowest BCUT2D eigenvalue weighted by atomic mass is 9.95. The summed E-state index contributed by atoms with van der Waals surface area (Å²) >= 11 is 0. The van der Waals surface area contributed by atoms with Crippen LogP contribution in [-0.2, 0) is 13.6 Å². The van der Waals surface area contributed by atoms with E-state index in [0.717, 1.165) is 39.1 Å². The number of hydrogen-bond donors (Lipinski definition) is 1. The van der Waals surface area contributed by atoms with Crippen molar-refractivity contribution in [2.45, 2.75) is 13.5 Å². The molecule has 2 N–H and O–H groups in total. The van der Waals surface area contributed by atoms with Gasteiger partial charge in [-0.05, 0) is 47.4 Å². The Morgan fingerprint density at radius 1 is 0.886 bits per heavy atom. The first-order valence-electron chi connectivity index (χ1n) is 11.1. The zero-order valence-corrected chi connectivity index (χ0v) is 20.3. The maximum atomic E-state index is 14.0. The summed E-state index contributed by atoms with van der Waals surface area (Å²) in [5, 5.41) is 0.517. The first-order chi connectivity index (χ1) is 16.5. The molecular formula is C29H25ClFN3O. The topological polar surface area (TPSA) is 60.9 Å². The summed E-state index contributed by atoms with van der Waals surface area (Å²) in [5.41, 5.74) is 13.0. The Morgan fingerprint density at radius 3 is 2.23 bits per heavy atom. The van der Waals surface area contributed by atoms with Crippen LogP contribution in [-0.4, -0.2) is 9.55 Å². The number of fused-ring (bicyclic) bond motifs is 1. The Balaban J connectivity index is 0.00000289. The number of pyridine rings is 2. The van der Waals surface area contributed by atoms with E-state index >= 15 is 0 Å². The van der Waals surface area contributed by atoms with Crippen molar-refractivity contribution in [3.63, 3.8) is 0 Å². The molecule has 0 aliphatic carbocycles. The van der Waals surface area contributed by atoms with E-state index in [1.165, 1.54) is 6.07 Å². The second-order valence-corrected chi connectivity index (χ2v) is 8.47. The van der Waals surface area contributed by atoms with E-state index in [1.807, 2.05) is 60.7 Å². The molecule has 0 spiro atoms. The van der Waals surface area contributed by atoms with Crippen molar-refractivity contribution in [3.8, 4) is 33.5 Å². The molecule has 0 saturated heterocycles. The average Bonchev–Trinajstić information content (AvgIpc) is 2.88. The molecule has 0 saturated carbocycles. The maximum Gasteiger partial charge on any atom is 0.259 e. The molecule has 2 heterocycles. The number of aryl methyl sites for hydroxylation is 2. The normalized spacial score (nSPS) is 10.9. The Hall–Kier alpha value is -3.80. The van der Waals surface area contributed by atoms with Crippen molar-refractivity contribution >= 4 is 23.3 Å². The second kappa shape index (κ2) is 9.82. The molecule has 6 heteroatoms. The van der Waals surface area contributed by atoms with Gasteiger partial charge in [0.15, 0.2) is 0 Å². The standard InChI is InChI=1S/C29H24FN3O.ClH/c1-18-14-22(12-13-26(18)30)25-17-33(2)29(34)24-15-23(20-6-4-3-5-7-20)27(32-28(24)25)21-10-8-19(16-31)9-11-21;/h3-15,17H,16,31H2,1-2H3;1H. The minimum Gasteiger partial charge on any atom is -0.326 e. The first-order valence-corrected chi connectivity index (χ1v) is 11.1. The van der Waals surface area contributed by atoms with Crippen LogP contribution in [0.3, 0.4) is 0 Å². The molecule has 176 valence electrons. The molecular weight excluding hydrogens is 461 g/mol. The predicted octanol–water partition coefficient (Wildman–Crippen LogP) is 6.26. The lowest BCUT2D eigenvalue weighted by Crippen LogP contribution is -2.17. The molecule has 2 aromatic heterocycles. The second-order valence-electron chi connectivity index (χ2n) is 8.47. The number of nitrogens with two attached hydrogens (primary N) is 1. The highest BCUT2D eigenvalue weighted by atomic mass is 35.5. The summed E-state index contributed by atoms with van der Waals surface area (Å²) in [7, 11) is 1.73. The SMILES string of the molecule is Cc1cc(-c2cn(C)c(=O)c3cc(-c4ccccc4)c(-c4ccc(CN)cc4)nc23)ccc1F.Cl. The van der Waals surface area contributed by atoms with Gasteiger partial charge in [-0.15, -0.1) is 12.4 Å². The van der Waals surface area contributed by atoms with E-state index in [1.54, 1.807) is 36.9 Å². The third kappa shape index (κ3) is 4.48. The largest absolute Gasteiger partial charge is 0.326 e. The first kappa shape index (κ1) is 24.3. The van der Waals surface area contributed by atoms with Gasteiger partial charge >= 0.3 is 0 Å². The van der Waals surface area contributed by atoms with Crippen molar-refractivity contribution in [1.29, 1.82) is 0 Å². The van der Waals surface area contributed by atoms with Crippen LogP contribution in [0.25, 0.3) is 44.4 Å². The number of benzene rings is 3. The van der Waals surface area contributed by atoms with E-state index in [-0.39, 0.29) is 23.8 Å². The molecule has 0 aliphatic rings. The monoisotopic (exact) mass is 485 g/mol. The Labute approximate surface area is 209 Å². The third-order valence-corrected chi connectivity index (χ3v) is 6.17. The van der Waals surface area contributed by atoms with Gasteiger partial charge in [0.1, 0.15) is 5.82 Å². The van der Waals surface area contributed by atoms with Crippen molar-refractivity contribution in [3.05, 3.63) is 112 Å². The lowest BCUT2D eigenvalue weighted by Gasteiger charge is -2.15. The molecule has 0 amide bonds. The zero-order chi connectivity index (χ0) is 23.8. The van der Waals surface area contributed by atoms with E-state index in [9.17, 15) is 9.18 Å². The molecule has 5 rings (SSSR count). The van der Waals surface area contributed by atoms with Gasteiger partial charge in [0.2, 0.25) is 0 Å². The van der Waals surface area contributed by atoms with Crippen molar-refractivity contribution in [1.82, 2.24) is 9.55 Å². The molecule has 0 aliphatic heterocycles. The molecule has 5 aromatic rings. The van der Waals surface area contributed by atoms with Crippen molar-refractivity contribution in [2.24, 2.45) is 12.8 Å². The van der Waals surface area contributed by atoms with Crippen LogP contribution < -0.4 is 11.3 Å². The summed E-state index contributed by atoms with van der Waals surface area (Å²) in [4.78, 5) is 18.3. The van der Waals surface area contributed by atoms with Crippen LogP contribution >= 0.6 is 12.4 Å². The van der Waals surface area contributed by atoms with Gasteiger partial charge in [-0.2, -0.15) is 0 Å². The number of rotatable bonds is 4. The fourth-order valence-corrected chi connectivity index (χ4v) is 4.27.